The minimum absolute atomic E-state index is 0.0610. The number of furan rings is 1. The van der Waals surface area contributed by atoms with Crippen LogP contribution >= 0.6 is 0 Å². The van der Waals surface area contributed by atoms with Crippen LogP contribution in [0.2, 0.25) is 0 Å². The standard InChI is InChI=1S/C16H15F2NO6/c1-19(14(20)11-5-6-12(24-11)15(21)22)8-9-3-4-10(23-2)13(7-9)25-16(17)18/h3-7,16H,8H2,1-2H3,(H,21,22). The Morgan fingerprint density at radius 2 is 1.88 bits per heavy atom. The fourth-order valence-electron chi connectivity index (χ4n) is 2.11. The maximum absolute atomic E-state index is 12.4. The summed E-state index contributed by atoms with van der Waals surface area (Å²) >= 11 is 0. The molecule has 0 fully saturated rings. The van der Waals surface area contributed by atoms with Crippen LogP contribution in [0.3, 0.4) is 0 Å². The van der Waals surface area contributed by atoms with Crippen molar-refractivity contribution in [3.8, 4) is 11.5 Å². The van der Waals surface area contributed by atoms with E-state index in [1.165, 1.54) is 43.3 Å². The summed E-state index contributed by atoms with van der Waals surface area (Å²) in [5, 5.41) is 8.80. The van der Waals surface area contributed by atoms with Gasteiger partial charge in [-0.25, -0.2) is 4.79 Å². The molecule has 0 spiro atoms. The van der Waals surface area contributed by atoms with Crippen molar-refractivity contribution in [1.82, 2.24) is 4.90 Å². The van der Waals surface area contributed by atoms with Crippen LogP contribution in [0.5, 0.6) is 11.5 Å². The highest BCUT2D eigenvalue weighted by molar-refractivity contribution is 5.93. The Bertz CT molecular complexity index is 774. The average molecular weight is 355 g/mol. The first-order valence-electron chi connectivity index (χ1n) is 7.02. The third kappa shape index (κ3) is 4.46. The Hall–Kier alpha value is -3.10. The van der Waals surface area contributed by atoms with Crippen LogP contribution in [-0.2, 0) is 6.54 Å². The highest BCUT2D eigenvalue weighted by Crippen LogP contribution is 2.30. The number of methoxy groups -OCH3 is 1. The second kappa shape index (κ2) is 7.65. The van der Waals surface area contributed by atoms with Crippen molar-refractivity contribution in [3.63, 3.8) is 0 Å². The van der Waals surface area contributed by atoms with Crippen molar-refractivity contribution in [3.05, 3.63) is 47.4 Å². The van der Waals surface area contributed by atoms with Gasteiger partial charge in [0.25, 0.3) is 5.91 Å². The van der Waals surface area contributed by atoms with Crippen LogP contribution in [0.1, 0.15) is 26.7 Å². The number of carbonyl (C=O) groups is 2. The molecule has 0 bridgehead atoms. The summed E-state index contributed by atoms with van der Waals surface area (Å²) in [5.41, 5.74) is 0.511. The van der Waals surface area contributed by atoms with Crippen LogP contribution in [0, 0.1) is 0 Å². The van der Waals surface area contributed by atoms with E-state index in [2.05, 4.69) is 4.74 Å². The van der Waals surface area contributed by atoms with Gasteiger partial charge in [-0.15, -0.1) is 0 Å². The van der Waals surface area contributed by atoms with Gasteiger partial charge in [0.1, 0.15) is 0 Å². The first-order chi connectivity index (χ1) is 11.8. The fraction of sp³-hybridized carbons (Fsp3) is 0.250. The number of carboxylic acid groups (broad SMARTS) is 1. The van der Waals surface area contributed by atoms with E-state index in [0.717, 1.165) is 0 Å². The molecule has 0 radical (unpaired) electrons. The van der Waals surface area contributed by atoms with Gasteiger partial charge in [0.15, 0.2) is 17.3 Å². The smallest absolute Gasteiger partial charge is 0.387 e. The average Bonchev–Trinajstić information content (AvgIpc) is 3.04. The van der Waals surface area contributed by atoms with Crippen LogP contribution < -0.4 is 9.47 Å². The Morgan fingerprint density at radius 1 is 1.20 bits per heavy atom. The van der Waals surface area contributed by atoms with Crippen molar-refractivity contribution < 1.29 is 37.4 Å². The lowest BCUT2D eigenvalue weighted by Gasteiger charge is -2.17. The van der Waals surface area contributed by atoms with Gasteiger partial charge in [-0.05, 0) is 29.8 Å². The minimum atomic E-state index is -3.01. The molecule has 1 aromatic carbocycles. The van der Waals surface area contributed by atoms with Gasteiger partial charge >= 0.3 is 12.6 Å². The molecule has 2 aromatic rings. The Labute approximate surface area is 141 Å². The summed E-state index contributed by atoms with van der Waals surface area (Å²) < 4.78 is 39.2. The van der Waals surface area contributed by atoms with Gasteiger partial charge in [0.2, 0.25) is 5.76 Å². The zero-order chi connectivity index (χ0) is 18.6. The third-order valence-electron chi connectivity index (χ3n) is 3.24. The van der Waals surface area contributed by atoms with Crippen LogP contribution in [0.25, 0.3) is 0 Å². The normalized spacial score (nSPS) is 10.6. The predicted molar refractivity (Wildman–Crippen MR) is 81.1 cm³/mol. The number of hydrogen-bond acceptors (Lipinski definition) is 5. The summed E-state index contributed by atoms with van der Waals surface area (Å²) in [6.45, 7) is -2.95. The predicted octanol–water partition coefficient (Wildman–Crippen LogP) is 2.86. The van der Waals surface area contributed by atoms with E-state index in [0.29, 0.717) is 5.56 Å². The molecular formula is C16H15F2NO6. The molecule has 0 aliphatic rings. The monoisotopic (exact) mass is 355 g/mol. The van der Waals surface area contributed by atoms with Gasteiger partial charge in [0.05, 0.1) is 7.11 Å². The molecule has 1 N–H and O–H groups in total. The molecule has 0 atom stereocenters. The van der Waals surface area contributed by atoms with Crippen LogP contribution in [0.15, 0.2) is 34.7 Å². The molecule has 0 saturated carbocycles. The number of aromatic carboxylic acids is 1. The van der Waals surface area contributed by atoms with E-state index in [9.17, 15) is 18.4 Å². The van der Waals surface area contributed by atoms with Crippen LogP contribution in [0.4, 0.5) is 8.78 Å². The number of halogens is 2. The number of nitrogens with zero attached hydrogens (tertiary/aromatic N) is 1. The molecule has 0 aliphatic heterocycles. The lowest BCUT2D eigenvalue weighted by molar-refractivity contribution is -0.0512. The van der Waals surface area contributed by atoms with Crippen LogP contribution in [-0.4, -0.2) is 42.7 Å². The Morgan fingerprint density at radius 3 is 2.44 bits per heavy atom. The maximum atomic E-state index is 12.4. The zero-order valence-corrected chi connectivity index (χ0v) is 13.4. The summed E-state index contributed by atoms with van der Waals surface area (Å²) in [7, 11) is 2.78. The van der Waals surface area contributed by atoms with E-state index in [-0.39, 0.29) is 29.6 Å². The molecule has 134 valence electrons. The Balaban J connectivity index is 2.14. The largest absolute Gasteiger partial charge is 0.493 e. The molecule has 1 heterocycles. The van der Waals surface area contributed by atoms with Crippen molar-refractivity contribution in [2.45, 2.75) is 13.2 Å². The number of benzene rings is 1. The second-order valence-electron chi connectivity index (χ2n) is 4.99. The van der Waals surface area contributed by atoms with Gasteiger partial charge in [0, 0.05) is 13.6 Å². The third-order valence-corrected chi connectivity index (χ3v) is 3.24. The lowest BCUT2D eigenvalue weighted by atomic mass is 10.2. The summed E-state index contributed by atoms with van der Waals surface area (Å²) in [6, 6.07) is 6.79. The van der Waals surface area contributed by atoms with Crippen molar-refractivity contribution >= 4 is 11.9 Å². The van der Waals surface area contributed by atoms with Crippen molar-refractivity contribution in [2.24, 2.45) is 0 Å². The van der Waals surface area contributed by atoms with E-state index in [1.807, 2.05) is 0 Å². The fourth-order valence-corrected chi connectivity index (χ4v) is 2.11. The van der Waals surface area contributed by atoms with Gasteiger partial charge in [-0.2, -0.15) is 8.78 Å². The Kier molecular flexibility index (Phi) is 5.58. The SMILES string of the molecule is COc1ccc(CN(C)C(=O)c2ccc(C(=O)O)o2)cc1OC(F)F. The van der Waals surface area contributed by atoms with Gasteiger partial charge in [-0.1, -0.05) is 6.07 Å². The highest BCUT2D eigenvalue weighted by atomic mass is 19.3. The molecular weight excluding hydrogens is 340 g/mol. The molecule has 0 unspecified atom stereocenters. The molecule has 7 nitrogen and oxygen atoms in total. The van der Waals surface area contributed by atoms with Gasteiger partial charge in [-0.3, -0.25) is 4.79 Å². The summed E-state index contributed by atoms with van der Waals surface area (Å²) in [5.74, 6) is -2.35. The number of hydrogen-bond donors (Lipinski definition) is 1. The van der Waals surface area contributed by atoms with E-state index in [1.54, 1.807) is 6.07 Å². The number of carboxylic acids is 1. The van der Waals surface area contributed by atoms with Crippen molar-refractivity contribution in [2.75, 3.05) is 14.2 Å². The molecule has 9 heteroatoms. The zero-order valence-electron chi connectivity index (χ0n) is 13.4. The first kappa shape index (κ1) is 18.2. The lowest BCUT2D eigenvalue weighted by Crippen LogP contribution is -2.25. The molecule has 25 heavy (non-hydrogen) atoms. The van der Waals surface area contributed by atoms with E-state index >= 15 is 0 Å². The molecule has 2 rings (SSSR count). The molecule has 1 aromatic heterocycles. The molecule has 1 amide bonds. The van der Waals surface area contributed by atoms with E-state index < -0.39 is 18.5 Å². The summed E-state index contributed by atoms with van der Waals surface area (Å²) in [6.07, 6.45) is 0. The minimum Gasteiger partial charge on any atom is -0.493 e. The van der Waals surface area contributed by atoms with E-state index in [4.69, 9.17) is 14.3 Å². The number of carbonyl (C=O) groups excluding carboxylic acids is 1. The molecule has 0 saturated heterocycles. The number of ether oxygens (including phenoxy) is 2. The summed E-state index contributed by atoms with van der Waals surface area (Å²) in [4.78, 5) is 24.3. The first-order valence-corrected chi connectivity index (χ1v) is 7.02. The highest BCUT2D eigenvalue weighted by Gasteiger charge is 2.19. The number of amides is 1. The number of alkyl halides is 2. The van der Waals surface area contributed by atoms with Gasteiger partial charge < -0.3 is 23.9 Å². The topological polar surface area (TPSA) is 89.2 Å². The molecule has 0 aliphatic carbocycles. The van der Waals surface area contributed by atoms with Crippen molar-refractivity contribution in [1.29, 1.82) is 0 Å². The quantitative estimate of drug-likeness (QED) is 0.821. The second-order valence-corrected chi connectivity index (χ2v) is 4.99. The number of rotatable bonds is 7. The maximum Gasteiger partial charge on any atom is 0.387 e.